The van der Waals surface area contributed by atoms with Crippen molar-refractivity contribution in [2.75, 3.05) is 50.9 Å². The number of amides is 2. The highest BCUT2D eigenvalue weighted by molar-refractivity contribution is 6.06. The first-order chi connectivity index (χ1) is 27.0. The number of nitrogens with zero attached hydrogens (tertiary/aromatic N) is 3. The lowest BCUT2D eigenvalue weighted by molar-refractivity contribution is -0.136. The van der Waals surface area contributed by atoms with Crippen molar-refractivity contribution < 1.29 is 23.5 Å². The van der Waals surface area contributed by atoms with Crippen LogP contribution in [-0.4, -0.2) is 73.7 Å². The Hall–Kier alpha value is -5.31. The summed E-state index contributed by atoms with van der Waals surface area (Å²) in [6, 6.07) is 43.7. The number of hydrogen-bond acceptors (Lipinski definition) is 5. The van der Waals surface area contributed by atoms with Crippen molar-refractivity contribution in [1.29, 1.82) is 0 Å². The van der Waals surface area contributed by atoms with Gasteiger partial charge in [-0.05, 0) is 78.3 Å². The van der Waals surface area contributed by atoms with Gasteiger partial charge in [0.2, 0.25) is 5.91 Å². The second-order valence-electron chi connectivity index (χ2n) is 14.6. The quantitative estimate of drug-likeness (QED) is 0.114. The van der Waals surface area contributed by atoms with E-state index in [1.165, 1.54) is 12.1 Å². The summed E-state index contributed by atoms with van der Waals surface area (Å²) in [4.78, 5) is 35.6. The van der Waals surface area contributed by atoms with E-state index in [2.05, 4.69) is 21.9 Å². The fraction of sp³-hybridized carbons (Fsp3) is 0.319. The van der Waals surface area contributed by atoms with E-state index in [1.807, 2.05) is 108 Å². The van der Waals surface area contributed by atoms with Gasteiger partial charge in [0.05, 0.1) is 19.1 Å². The highest BCUT2D eigenvalue weighted by atomic mass is 19.1. The molecule has 1 aliphatic carbocycles. The Labute approximate surface area is 324 Å². The van der Waals surface area contributed by atoms with Crippen molar-refractivity contribution in [3.8, 4) is 5.75 Å². The number of morpholine rings is 1. The lowest BCUT2D eigenvalue weighted by Gasteiger charge is -2.40. The Bertz CT molecular complexity index is 1920. The Kier molecular flexibility index (Phi) is 13.0. The number of carbonyl (C=O) groups excluding carboxylic acids is 2. The molecule has 2 aliphatic rings. The van der Waals surface area contributed by atoms with Gasteiger partial charge in [-0.25, -0.2) is 4.39 Å². The van der Waals surface area contributed by atoms with Gasteiger partial charge < -0.3 is 19.3 Å². The fourth-order valence-electron chi connectivity index (χ4n) is 7.98. The average molecular weight is 740 g/mol. The molecule has 284 valence electrons. The minimum atomic E-state index is -0.450. The molecule has 0 spiro atoms. The summed E-state index contributed by atoms with van der Waals surface area (Å²) < 4.78 is 25.7. The smallest absolute Gasteiger partial charge is 0.258 e. The number of rotatable bonds is 14. The molecule has 0 aromatic heterocycles. The molecule has 7 rings (SSSR count). The molecule has 0 radical (unpaired) electrons. The Morgan fingerprint density at radius 1 is 0.782 bits per heavy atom. The molecule has 55 heavy (non-hydrogen) atoms. The maximum Gasteiger partial charge on any atom is 0.258 e. The lowest BCUT2D eigenvalue weighted by atomic mass is 9.82. The van der Waals surface area contributed by atoms with E-state index < -0.39 is 5.92 Å². The predicted octanol–water partition coefficient (Wildman–Crippen LogP) is 8.60. The van der Waals surface area contributed by atoms with Crippen molar-refractivity contribution in [2.24, 2.45) is 5.92 Å². The van der Waals surface area contributed by atoms with Crippen molar-refractivity contribution in [3.63, 3.8) is 0 Å². The van der Waals surface area contributed by atoms with Crippen LogP contribution in [0.4, 0.5) is 10.1 Å². The maximum atomic E-state index is 15.1. The molecule has 1 saturated carbocycles. The zero-order valence-corrected chi connectivity index (χ0v) is 31.3. The van der Waals surface area contributed by atoms with E-state index in [-0.39, 0.29) is 29.6 Å². The van der Waals surface area contributed by atoms with Crippen LogP contribution in [0.15, 0.2) is 140 Å². The standard InChI is InChI=1S/C47H50FN3O4/c48-41-24-22-40(23-25-41)46(52)50(43-20-11-21-44(33-43)55-31-28-49-26-29-54-30-27-49)35-37-14-10-19-42(32-37)51(34-36-12-4-1-5-13-36)47(53)45(38-15-6-2-7-16-38)39-17-8-3-9-18-39/h1-9,11-13,15-18,20-25,33,37,42,45H,10,14,19,26-32,34-35H2. The van der Waals surface area contributed by atoms with Gasteiger partial charge in [0.1, 0.15) is 18.2 Å². The normalized spacial score (nSPS) is 17.4. The second-order valence-corrected chi connectivity index (χ2v) is 14.6. The largest absolute Gasteiger partial charge is 0.492 e. The summed E-state index contributed by atoms with van der Waals surface area (Å²) >= 11 is 0. The molecule has 2 fully saturated rings. The molecule has 0 N–H and O–H groups in total. The first-order valence-electron chi connectivity index (χ1n) is 19.6. The molecule has 1 saturated heterocycles. The molecule has 2 atom stereocenters. The molecule has 1 heterocycles. The SMILES string of the molecule is O=C(c1ccc(F)cc1)N(CC1CCCC(N(Cc2ccccc2)C(=O)C(c2ccccc2)c2ccccc2)C1)c1cccc(OCCN2CCOCC2)c1. The molecule has 8 heteroatoms. The summed E-state index contributed by atoms with van der Waals surface area (Å²) in [5.41, 5.74) is 4.16. The van der Waals surface area contributed by atoms with E-state index in [1.54, 1.807) is 12.1 Å². The highest BCUT2D eigenvalue weighted by Crippen LogP contribution is 2.35. The van der Waals surface area contributed by atoms with E-state index in [9.17, 15) is 9.18 Å². The monoisotopic (exact) mass is 739 g/mol. The van der Waals surface area contributed by atoms with Crippen LogP contribution in [0.1, 0.15) is 58.6 Å². The summed E-state index contributed by atoms with van der Waals surface area (Å²) in [5.74, 6) is -0.148. The zero-order chi connectivity index (χ0) is 37.8. The van der Waals surface area contributed by atoms with Crippen LogP contribution < -0.4 is 9.64 Å². The van der Waals surface area contributed by atoms with Gasteiger partial charge in [-0.1, -0.05) is 103 Å². The summed E-state index contributed by atoms with van der Waals surface area (Å²) in [5, 5.41) is 0. The van der Waals surface area contributed by atoms with Gasteiger partial charge in [-0.15, -0.1) is 0 Å². The Balaban J connectivity index is 1.15. The van der Waals surface area contributed by atoms with Crippen LogP contribution >= 0.6 is 0 Å². The van der Waals surface area contributed by atoms with Gasteiger partial charge in [-0.3, -0.25) is 14.5 Å². The highest BCUT2D eigenvalue weighted by Gasteiger charge is 2.36. The third-order valence-corrected chi connectivity index (χ3v) is 10.9. The molecular weight excluding hydrogens is 690 g/mol. The Morgan fingerprint density at radius 3 is 2.11 bits per heavy atom. The lowest BCUT2D eigenvalue weighted by Crippen LogP contribution is -2.46. The van der Waals surface area contributed by atoms with Crippen molar-refractivity contribution in [3.05, 3.63) is 168 Å². The van der Waals surface area contributed by atoms with Gasteiger partial charge >= 0.3 is 0 Å². The van der Waals surface area contributed by atoms with Gasteiger partial charge in [0, 0.05) is 56.1 Å². The van der Waals surface area contributed by atoms with Crippen LogP contribution in [0.2, 0.25) is 0 Å². The second kappa shape index (κ2) is 18.8. The van der Waals surface area contributed by atoms with E-state index >= 15 is 4.79 Å². The van der Waals surface area contributed by atoms with Gasteiger partial charge in [0.25, 0.3) is 5.91 Å². The van der Waals surface area contributed by atoms with Crippen molar-refractivity contribution in [2.45, 2.75) is 44.2 Å². The third-order valence-electron chi connectivity index (χ3n) is 10.9. The third kappa shape index (κ3) is 10.1. The Morgan fingerprint density at radius 2 is 1.44 bits per heavy atom. The summed E-state index contributed by atoms with van der Waals surface area (Å²) in [6.45, 7) is 5.51. The number of carbonyl (C=O) groups is 2. The number of ether oxygens (including phenoxy) is 2. The minimum absolute atomic E-state index is 0.0287. The summed E-state index contributed by atoms with van der Waals surface area (Å²) in [7, 11) is 0. The average Bonchev–Trinajstić information content (AvgIpc) is 3.24. The molecule has 1 aliphatic heterocycles. The summed E-state index contributed by atoms with van der Waals surface area (Å²) in [6.07, 6.45) is 3.48. The van der Waals surface area contributed by atoms with Crippen molar-refractivity contribution >= 4 is 17.5 Å². The van der Waals surface area contributed by atoms with Gasteiger partial charge in [0.15, 0.2) is 0 Å². The number of halogens is 1. The first-order valence-corrected chi connectivity index (χ1v) is 19.6. The molecule has 2 amide bonds. The van der Waals surface area contributed by atoms with Crippen LogP contribution in [0.3, 0.4) is 0 Å². The van der Waals surface area contributed by atoms with Crippen LogP contribution in [-0.2, 0) is 16.1 Å². The topological polar surface area (TPSA) is 62.3 Å². The fourth-order valence-corrected chi connectivity index (χ4v) is 7.98. The molecule has 5 aromatic rings. The van der Waals surface area contributed by atoms with Gasteiger partial charge in [-0.2, -0.15) is 0 Å². The molecular formula is C47H50FN3O4. The molecule has 0 bridgehead atoms. The molecule has 5 aromatic carbocycles. The number of anilines is 1. The van der Waals surface area contributed by atoms with E-state index in [0.29, 0.717) is 31.0 Å². The molecule has 7 nitrogen and oxygen atoms in total. The predicted molar refractivity (Wildman–Crippen MR) is 215 cm³/mol. The zero-order valence-electron chi connectivity index (χ0n) is 31.3. The first kappa shape index (κ1) is 38.0. The van der Waals surface area contributed by atoms with Crippen LogP contribution in [0.25, 0.3) is 0 Å². The van der Waals surface area contributed by atoms with Crippen LogP contribution in [0.5, 0.6) is 5.75 Å². The number of benzene rings is 5. The minimum Gasteiger partial charge on any atom is -0.492 e. The number of hydrogen-bond donors (Lipinski definition) is 0. The maximum absolute atomic E-state index is 15.1. The van der Waals surface area contributed by atoms with E-state index in [4.69, 9.17) is 9.47 Å². The van der Waals surface area contributed by atoms with Crippen LogP contribution in [0, 0.1) is 11.7 Å². The molecule has 2 unspecified atom stereocenters. The van der Waals surface area contributed by atoms with Crippen molar-refractivity contribution in [1.82, 2.24) is 9.80 Å². The van der Waals surface area contributed by atoms with E-state index in [0.717, 1.165) is 80.9 Å².